The van der Waals surface area contributed by atoms with E-state index < -0.39 is 0 Å². The lowest BCUT2D eigenvalue weighted by Gasteiger charge is -2.33. The first kappa shape index (κ1) is 12.5. The highest BCUT2D eigenvalue weighted by atomic mass is 35.5. The van der Waals surface area contributed by atoms with Gasteiger partial charge in [-0.05, 0) is 25.7 Å². The molecule has 4 nitrogen and oxygen atoms in total. The largest absolute Gasteiger partial charge is 0.311 e. The highest BCUT2D eigenvalue weighted by Gasteiger charge is 2.34. The molecule has 0 amide bonds. The Hall–Kier alpha value is -0.580. The molecule has 0 bridgehead atoms. The molecule has 1 saturated heterocycles. The lowest BCUT2D eigenvalue weighted by atomic mass is 10.1. The number of aromatic nitrogens is 2. The summed E-state index contributed by atoms with van der Waals surface area (Å²) < 4.78 is 1.77. The highest BCUT2D eigenvalue weighted by Crippen LogP contribution is 2.34. The summed E-state index contributed by atoms with van der Waals surface area (Å²) >= 11 is 6.30. The standard InChI is InChI=1S/C13H21ClN4/c1-9-11(13(14)17(2)16-9)7-18-6-5-15-12(8-18)10-3-4-10/h10,12,15H,3-8H2,1-2H3. The summed E-state index contributed by atoms with van der Waals surface area (Å²) in [6.07, 6.45) is 2.80. The number of hydrogen-bond acceptors (Lipinski definition) is 3. The van der Waals surface area contributed by atoms with Gasteiger partial charge in [-0.3, -0.25) is 9.58 Å². The van der Waals surface area contributed by atoms with E-state index in [1.807, 2.05) is 14.0 Å². The third kappa shape index (κ3) is 2.42. The van der Waals surface area contributed by atoms with E-state index in [-0.39, 0.29) is 0 Å². The van der Waals surface area contributed by atoms with Crippen LogP contribution in [0.5, 0.6) is 0 Å². The molecule has 0 spiro atoms. The van der Waals surface area contributed by atoms with Gasteiger partial charge in [-0.1, -0.05) is 11.6 Å². The molecule has 2 fully saturated rings. The van der Waals surface area contributed by atoms with E-state index in [0.717, 1.165) is 42.9 Å². The zero-order valence-corrected chi connectivity index (χ0v) is 11.9. The predicted octanol–water partition coefficient (Wildman–Crippen LogP) is 1.57. The van der Waals surface area contributed by atoms with Crippen LogP contribution in [0.25, 0.3) is 0 Å². The summed E-state index contributed by atoms with van der Waals surface area (Å²) in [7, 11) is 1.91. The molecule has 1 aliphatic carbocycles. The Morgan fingerprint density at radius 2 is 2.22 bits per heavy atom. The van der Waals surface area contributed by atoms with Crippen molar-refractivity contribution in [3.63, 3.8) is 0 Å². The van der Waals surface area contributed by atoms with Crippen LogP contribution < -0.4 is 5.32 Å². The van der Waals surface area contributed by atoms with Gasteiger partial charge < -0.3 is 5.32 Å². The fourth-order valence-corrected chi connectivity index (χ4v) is 3.11. The second-order valence-corrected chi connectivity index (χ2v) is 5.97. The lowest BCUT2D eigenvalue weighted by Crippen LogP contribution is -2.51. The van der Waals surface area contributed by atoms with Crippen LogP contribution in [0.15, 0.2) is 0 Å². The third-order valence-electron chi connectivity index (χ3n) is 4.13. The number of rotatable bonds is 3. The van der Waals surface area contributed by atoms with Gasteiger partial charge in [-0.2, -0.15) is 5.10 Å². The van der Waals surface area contributed by atoms with E-state index in [2.05, 4.69) is 15.3 Å². The van der Waals surface area contributed by atoms with Crippen LogP contribution in [0, 0.1) is 12.8 Å². The van der Waals surface area contributed by atoms with Crippen molar-refractivity contribution in [2.45, 2.75) is 32.4 Å². The average molecular weight is 269 g/mol. The van der Waals surface area contributed by atoms with Crippen LogP contribution >= 0.6 is 11.6 Å². The zero-order chi connectivity index (χ0) is 12.7. The number of aryl methyl sites for hydroxylation is 2. The van der Waals surface area contributed by atoms with Gasteiger partial charge in [0.05, 0.1) is 5.69 Å². The molecular formula is C13H21ClN4. The van der Waals surface area contributed by atoms with E-state index in [1.54, 1.807) is 4.68 Å². The molecule has 2 heterocycles. The van der Waals surface area contributed by atoms with Gasteiger partial charge in [0, 0.05) is 44.8 Å². The number of piperazine rings is 1. The summed E-state index contributed by atoms with van der Waals surface area (Å²) in [4.78, 5) is 2.51. The van der Waals surface area contributed by atoms with E-state index in [9.17, 15) is 0 Å². The lowest BCUT2D eigenvalue weighted by molar-refractivity contribution is 0.181. The predicted molar refractivity (Wildman–Crippen MR) is 72.7 cm³/mol. The Bertz CT molecular complexity index is 438. The maximum atomic E-state index is 6.30. The molecule has 1 atom stereocenters. The zero-order valence-electron chi connectivity index (χ0n) is 11.1. The minimum atomic E-state index is 0.689. The van der Waals surface area contributed by atoms with Crippen LogP contribution in [-0.4, -0.2) is 40.4 Å². The summed E-state index contributed by atoms with van der Waals surface area (Å²) in [5, 5.41) is 8.81. The first-order valence-electron chi connectivity index (χ1n) is 6.79. The van der Waals surface area contributed by atoms with E-state index >= 15 is 0 Å². The molecule has 1 unspecified atom stereocenters. The molecule has 1 aliphatic heterocycles. The van der Waals surface area contributed by atoms with Gasteiger partial charge in [-0.15, -0.1) is 0 Å². The fraction of sp³-hybridized carbons (Fsp3) is 0.769. The first-order chi connectivity index (χ1) is 8.65. The van der Waals surface area contributed by atoms with Crippen molar-refractivity contribution in [1.29, 1.82) is 0 Å². The Morgan fingerprint density at radius 3 is 2.83 bits per heavy atom. The van der Waals surface area contributed by atoms with E-state index in [4.69, 9.17) is 11.6 Å². The minimum absolute atomic E-state index is 0.689. The van der Waals surface area contributed by atoms with Crippen LogP contribution in [-0.2, 0) is 13.6 Å². The fourth-order valence-electron chi connectivity index (χ4n) is 2.88. The van der Waals surface area contributed by atoms with Crippen molar-refractivity contribution in [1.82, 2.24) is 20.0 Å². The maximum Gasteiger partial charge on any atom is 0.131 e. The smallest absolute Gasteiger partial charge is 0.131 e. The monoisotopic (exact) mass is 268 g/mol. The molecule has 0 radical (unpaired) electrons. The Balaban J connectivity index is 1.67. The van der Waals surface area contributed by atoms with Gasteiger partial charge >= 0.3 is 0 Å². The Labute approximate surface area is 113 Å². The average Bonchev–Trinajstić information content (AvgIpc) is 3.16. The van der Waals surface area contributed by atoms with Gasteiger partial charge in [0.15, 0.2) is 0 Å². The molecule has 0 aromatic carbocycles. The third-order valence-corrected chi connectivity index (χ3v) is 4.60. The normalized spacial score (nSPS) is 25.6. The number of halogens is 1. The Kier molecular flexibility index (Phi) is 3.34. The van der Waals surface area contributed by atoms with Crippen molar-refractivity contribution < 1.29 is 0 Å². The molecule has 1 aromatic rings. The molecule has 2 aliphatic rings. The van der Waals surface area contributed by atoms with Crippen molar-refractivity contribution in [3.05, 3.63) is 16.4 Å². The van der Waals surface area contributed by atoms with Gasteiger partial charge in [0.25, 0.3) is 0 Å². The molecule has 1 N–H and O–H groups in total. The molecule has 3 rings (SSSR count). The van der Waals surface area contributed by atoms with Gasteiger partial charge in [0.2, 0.25) is 0 Å². The number of nitrogens with zero attached hydrogens (tertiary/aromatic N) is 3. The van der Waals surface area contributed by atoms with Crippen molar-refractivity contribution in [2.24, 2.45) is 13.0 Å². The van der Waals surface area contributed by atoms with Crippen molar-refractivity contribution in [3.8, 4) is 0 Å². The Morgan fingerprint density at radius 1 is 1.44 bits per heavy atom. The van der Waals surface area contributed by atoms with Crippen LogP contribution in [0.4, 0.5) is 0 Å². The number of hydrogen-bond donors (Lipinski definition) is 1. The molecular weight excluding hydrogens is 248 g/mol. The second kappa shape index (κ2) is 4.83. The highest BCUT2D eigenvalue weighted by molar-refractivity contribution is 6.30. The number of nitrogens with one attached hydrogen (secondary N) is 1. The molecule has 5 heteroatoms. The second-order valence-electron chi connectivity index (χ2n) is 5.61. The van der Waals surface area contributed by atoms with Crippen LogP contribution in [0.1, 0.15) is 24.1 Å². The van der Waals surface area contributed by atoms with E-state index in [1.165, 1.54) is 18.4 Å². The summed E-state index contributed by atoms with van der Waals surface area (Å²) in [5.74, 6) is 0.915. The van der Waals surface area contributed by atoms with Crippen molar-refractivity contribution in [2.75, 3.05) is 19.6 Å². The summed E-state index contributed by atoms with van der Waals surface area (Å²) in [6, 6.07) is 0.689. The quantitative estimate of drug-likeness (QED) is 0.903. The maximum absolute atomic E-state index is 6.30. The SMILES string of the molecule is Cc1nn(C)c(Cl)c1CN1CCNC(C2CC2)C1. The minimum Gasteiger partial charge on any atom is -0.311 e. The summed E-state index contributed by atoms with van der Waals surface area (Å²) in [5.41, 5.74) is 2.25. The topological polar surface area (TPSA) is 33.1 Å². The van der Waals surface area contributed by atoms with Crippen LogP contribution in [0.3, 0.4) is 0 Å². The molecule has 18 heavy (non-hydrogen) atoms. The van der Waals surface area contributed by atoms with E-state index in [0.29, 0.717) is 6.04 Å². The summed E-state index contributed by atoms with van der Waals surface area (Å²) in [6.45, 7) is 6.33. The molecule has 1 aromatic heterocycles. The van der Waals surface area contributed by atoms with Gasteiger partial charge in [-0.25, -0.2) is 0 Å². The van der Waals surface area contributed by atoms with Crippen molar-refractivity contribution >= 4 is 11.6 Å². The van der Waals surface area contributed by atoms with Gasteiger partial charge in [0.1, 0.15) is 5.15 Å². The molecule has 100 valence electrons. The first-order valence-corrected chi connectivity index (χ1v) is 7.16. The van der Waals surface area contributed by atoms with Crippen LogP contribution in [0.2, 0.25) is 5.15 Å². The molecule has 1 saturated carbocycles.